The van der Waals surface area contributed by atoms with Crippen molar-refractivity contribution in [2.45, 2.75) is 18.9 Å². The van der Waals surface area contributed by atoms with Crippen LogP contribution in [0.3, 0.4) is 0 Å². The number of amides is 2. The number of benzene rings is 1. The van der Waals surface area contributed by atoms with Crippen LogP contribution in [0.2, 0.25) is 0 Å². The Balaban J connectivity index is 2.02. The van der Waals surface area contributed by atoms with Crippen LogP contribution in [-0.2, 0) is 9.59 Å². The van der Waals surface area contributed by atoms with E-state index < -0.39 is 6.10 Å². The van der Waals surface area contributed by atoms with Gasteiger partial charge < -0.3 is 10.4 Å². The van der Waals surface area contributed by atoms with E-state index in [9.17, 15) is 14.7 Å². The highest BCUT2D eigenvalue weighted by atomic mass is 35.5. The average molecular weight is 283 g/mol. The first-order chi connectivity index (χ1) is 9.11. The lowest BCUT2D eigenvalue weighted by molar-refractivity contribution is -0.121. The second-order valence-electron chi connectivity index (χ2n) is 4.36. The molecule has 1 aromatic carbocycles. The van der Waals surface area contributed by atoms with Gasteiger partial charge in [-0.05, 0) is 24.3 Å². The Morgan fingerprint density at radius 2 is 1.79 bits per heavy atom. The Hall–Kier alpha value is -1.59. The van der Waals surface area contributed by atoms with E-state index in [1.165, 1.54) is 4.90 Å². The quantitative estimate of drug-likeness (QED) is 0.632. The van der Waals surface area contributed by atoms with Crippen LogP contribution in [0.25, 0.3) is 0 Å². The summed E-state index contributed by atoms with van der Waals surface area (Å²) in [6.07, 6.45) is -0.0512. The summed E-state index contributed by atoms with van der Waals surface area (Å²) >= 11 is 5.49. The predicted molar refractivity (Wildman–Crippen MR) is 73.4 cm³/mol. The lowest BCUT2D eigenvalue weighted by Gasteiger charge is -2.15. The second-order valence-corrected chi connectivity index (χ2v) is 4.67. The van der Waals surface area contributed by atoms with E-state index >= 15 is 0 Å². The van der Waals surface area contributed by atoms with Crippen molar-refractivity contribution in [3.63, 3.8) is 0 Å². The zero-order valence-corrected chi connectivity index (χ0v) is 11.1. The lowest BCUT2D eigenvalue weighted by atomic mass is 10.2. The molecule has 0 bridgehead atoms. The van der Waals surface area contributed by atoms with Crippen molar-refractivity contribution >= 4 is 34.8 Å². The van der Waals surface area contributed by atoms with Gasteiger partial charge in [-0.2, -0.15) is 0 Å². The Morgan fingerprint density at radius 1 is 1.21 bits per heavy atom. The number of carbonyl (C=O) groups is 2. The molecule has 1 atom stereocenters. The first-order valence-corrected chi connectivity index (χ1v) is 6.59. The van der Waals surface area contributed by atoms with Crippen LogP contribution in [0.15, 0.2) is 24.3 Å². The fourth-order valence-electron chi connectivity index (χ4n) is 1.88. The van der Waals surface area contributed by atoms with Gasteiger partial charge in [0.15, 0.2) is 0 Å². The molecule has 1 aliphatic rings. The molecule has 19 heavy (non-hydrogen) atoms. The minimum Gasteiger partial charge on any atom is -0.390 e. The minimum absolute atomic E-state index is 0.164. The zero-order valence-electron chi connectivity index (χ0n) is 10.3. The average Bonchev–Trinajstić information content (AvgIpc) is 2.76. The molecule has 0 saturated carbocycles. The number of rotatable bonds is 5. The van der Waals surface area contributed by atoms with Crippen LogP contribution in [0.5, 0.6) is 0 Å². The van der Waals surface area contributed by atoms with E-state index in [0.717, 1.165) is 5.69 Å². The Bertz CT molecular complexity index is 459. The molecular formula is C13H15ClN2O3. The van der Waals surface area contributed by atoms with Crippen LogP contribution < -0.4 is 10.2 Å². The molecule has 0 aromatic heterocycles. The molecule has 1 aromatic rings. The van der Waals surface area contributed by atoms with E-state index in [0.29, 0.717) is 12.2 Å². The van der Waals surface area contributed by atoms with Gasteiger partial charge in [0.1, 0.15) is 0 Å². The third-order valence-electron chi connectivity index (χ3n) is 2.90. The van der Waals surface area contributed by atoms with E-state index in [-0.39, 0.29) is 30.5 Å². The molecule has 5 nitrogen and oxygen atoms in total. The number of anilines is 2. The van der Waals surface area contributed by atoms with Crippen molar-refractivity contribution in [2.75, 3.05) is 22.6 Å². The number of aliphatic hydroxyl groups excluding tert-OH is 1. The molecule has 0 aliphatic carbocycles. The van der Waals surface area contributed by atoms with Crippen molar-refractivity contribution < 1.29 is 14.7 Å². The molecule has 0 radical (unpaired) electrons. The second kappa shape index (κ2) is 6.04. The molecule has 6 heteroatoms. The molecule has 2 rings (SSSR count). The Kier molecular flexibility index (Phi) is 4.39. The number of hydrogen-bond acceptors (Lipinski definition) is 4. The molecule has 1 unspecified atom stereocenters. The number of halogens is 1. The van der Waals surface area contributed by atoms with Gasteiger partial charge >= 0.3 is 0 Å². The molecule has 1 saturated heterocycles. The van der Waals surface area contributed by atoms with Gasteiger partial charge in [0, 0.05) is 25.1 Å². The number of hydrogen-bond donors (Lipinski definition) is 2. The van der Waals surface area contributed by atoms with Crippen LogP contribution in [0.1, 0.15) is 12.8 Å². The van der Waals surface area contributed by atoms with Gasteiger partial charge in [0.25, 0.3) is 0 Å². The summed E-state index contributed by atoms with van der Waals surface area (Å²) in [6, 6.07) is 6.93. The van der Waals surface area contributed by atoms with Gasteiger partial charge in [-0.3, -0.25) is 14.5 Å². The van der Waals surface area contributed by atoms with Gasteiger partial charge in [0.2, 0.25) is 11.8 Å². The van der Waals surface area contributed by atoms with Gasteiger partial charge in [-0.15, -0.1) is 11.6 Å². The van der Waals surface area contributed by atoms with Crippen molar-refractivity contribution in [3.8, 4) is 0 Å². The standard InChI is InChI=1S/C13H15ClN2O3/c14-7-11(17)8-15-9-1-3-10(4-2-9)16-12(18)5-6-13(16)19/h1-4,11,15,17H,5-8H2. The highest BCUT2D eigenvalue weighted by Crippen LogP contribution is 2.23. The number of alkyl halides is 1. The number of aliphatic hydroxyl groups is 1. The van der Waals surface area contributed by atoms with Gasteiger partial charge in [-0.25, -0.2) is 0 Å². The summed E-state index contributed by atoms with van der Waals surface area (Å²) in [5.41, 5.74) is 1.38. The van der Waals surface area contributed by atoms with Crippen LogP contribution in [0, 0.1) is 0 Å². The van der Waals surface area contributed by atoms with Crippen molar-refractivity contribution in [1.82, 2.24) is 0 Å². The van der Waals surface area contributed by atoms with Gasteiger partial charge in [-0.1, -0.05) is 0 Å². The van der Waals surface area contributed by atoms with Crippen LogP contribution >= 0.6 is 11.6 Å². The fourth-order valence-corrected chi connectivity index (χ4v) is 1.99. The number of nitrogens with one attached hydrogen (secondary N) is 1. The molecule has 0 spiro atoms. The van der Waals surface area contributed by atoms with Crippen molar-refractivity contribution in [1.29, 1.82) is 0 Å². The monoisotopic (exact) mass is 282 g/mol. The Morgan fingerprint density at radius 3 is 2.32 bits per heavy atom. The van der Waals surface area contributed by atoms with E-state index in [2.05, 4.69) is 5.32 Å². The molecular weight excluding hydrogens is 268 g/mol. The SMILES string of the molecule is O=C1CCC(=O)N1c1ccc(NCC(O)CCl)cc1. The summed E-state index contributed by atoms with van der Waals surface area (Å²) in [4.78, 5) is 24.3. The maximum Gasteiger partial charge on any atom is 0.234 e. The third-order valence-corrected chi connectivity index (χ3v) is 3.25. The third kappa shape index (κ3) is 3.24. The number of imide groups is 1. The molecule has 1 fully saturated rings. The molecule has 2 N–H and O–H groups in total. The maximum atomic E-state index is 11.6. The maximum absolute atomic E-state index is 11.6. The zero-order chi connectivity index (χ0) is 13.8. The van der Waals surface area contributed by atoms with E-state index in [1.54, 1.807) is 24.3 Å². The fraction of sp³-hybridized carbons (Fsp3) is 0.385. The predicted octanol–water partition coefficient (Wildman–Crippen LogP) is 1.35. The van der Waals surface area contributed by atoms with Crippen molar-refractivity contribution in [2.24, 2.45) is 0 Å². The first-order valence-electron chi connectivity index (χ1n) is 6.05. The molecule has 102 valence electrons. The first kappa shape index (κ1) is 13.8. The van der Waals surface area contributed by atoms with E-state index in [4.69, 9.17) is 11.6 Å². The normalized spacial score (nSPS) is 16.8. The topological polar surface area (TPSA) is 69.6 Å². The smallest absolute Gasteiger partial charge is 0.234 e. The van der Waals surface area contributed by atoms with Crippen LogP contribution in [0.4, 0.5) is 11.4 Å². The lowest BCUT2D eigenvalue weighted by Crippen LogP contribution is -2.28. The van der Waals surface area contributed by atoms with Crippen LogP contribution in [-0.4, -0.2) is 35.4 Å². The summed E-state index contributed by atoms with van der Waals surface area (Å²) in [5, 5.41) is 12.3. The van der Waals surface area contributed by atoms with E-state index in [1.807, 2.05) is 0 Å². The minimum atomic E-state index is -0.608. The summed E-state index contributed by atoms with van der Waals surface area (Å²) in [5.74, 6) is -0.159. The molecule has 1 heterocycles. The van der Waals surface area contributed by atoms with Crippen molar-refractivity contribution in [3.05, 3.63) is 24.3 Å². The highest BCUT2D eigenvalue weighted by molar-refractivity contribution is 6.19. The largest absolute Gasteiger partial charge is 0.390 e. The number of carbonyl (C=O) groups excluding carboxylic acids is 2. The van der Waals surface area contributed by atoms with Gasteiger partial charge in [0.05, 0.1) is 17.7 Å². The number of nitrogens with zero attached hydrogens (tertiary/aromatic N) is 1. The summed E-state index contributed by atoms with van der Waals surface area (Å²) < 4.78 is 0. The highest BCUT2D eigenvalue weighted by Gasteiger charge is 2.29. The molecule has 2 amide bonds. The summed E-state index contributed by atoms with van der Waals surface area (Å²) in [6.45, 7) is 0.352. The summed E-state index contributed by atoms with van der Waals surface area (Å²) in [7, 11) is 0. The molecule has 1 aliphatic heterocycles. The Labute approximate surface area is 116 Å².